The fourth-order valence-corrected chi connectivity index (χ4v) is 2.48. The number of benzene rings is 2. The van der Waals surface area contributed by atoms with E-state index in [1.54, 1.807) is 36.2 Å². The smallest absolute Gasteiger partial charge is 0.255 e. The van der Waals surface area contributed by atoms with Gasteiger partial charge in [0.1, 0.15) is 5.82 Å². The Kier molecular flexibility index (Phi) is 4.86. The monoisotopic (exact) mass is 325 g/mol. The maximum absolute atomic E-state index is 13.0. The lowest BCUT2D eigenvalue weighted by Crippen LogP contribution is -2.29. The van der Waals surface area contributed by atoms with E-state index in [-0.39, 0.29) is 17.8 Å². The van der Waals surface area contributed by atoms with Crippen molar-refractivity contribution in [2.75, 3.05) is 7.05 Å². The van der Waals surface area contributed by atoms with Gasteiger partial charge < -0.3 is 4.90 Å². The molecule has 0 radical (unpaired) electrons. The Morgan fingerprint density at radius 1 is 1.14 bits per heavy atom. The summed E-state index contributed by atoms with van der Waals surface area (Å²) >= 11 is 11.9. The largest absolute Gasteiger partial charge is 0.335 e. The highest BCUT2D eigenvalue weighted by molar-refractivity contribution is 6.36. The van der Waals surface area contributed by atoms with Crippen molar-refractivity contribution in [2.45, 2.75) is 13.0 Å². The first kappa shape index (κ1) is 15.8. The van der Waals surface area contributed by atoms with Crippen LogP contribution in [0, 0.1) is 5.82 Å². The Labute approximate surface area is 133 Å². The average molecular weight is 326 g/mol. The van der Waals surface area contributed by atoms with Crippen molar-refractivity contribution in [1.82, 2.24) is 4.90 Å². The van der Waals surface area contributed by atoms with Gasteiger partial charge in [-0.1, -0.05) is 35.3 Å². The third-order valence-corrected chi connectivity index (χ3v) is 3.96. The van der Waals surface area contributed by atoms with Crippen LogP contribution in [0.5, 0.6) is 0 Å². The summed E-state index contributed by atoms with van der Waals surface area (Å²) < 4.78 is 13.0. The molecule has 0 bridgehead atoms. The number of halogens is 3. The molecule has 2 aromatic rings. The number of carbonyl (C=O) groups excluding carboxylic acids is 1. The summed E-state index contributed by atoms with van der Waals surface area (Å²) in [5.74, 6) is -0.519. The number of amides is 1. The van der Waals surface area contributed by atoms with Crippen LogP contribution >= 0.6 is 23.2 Å². The molecule has 0 heterocycles. The van der Waals surface area contributed by atoms with Crippen LogP contribution in [-0.2, 0) is 0 Å². The summed E-state index contributed by atoms with van der Waals surface area (Å²) in [5.41, 5.74) is 1.23. The van der Waals surface area contributed by atoms with Crippen LogP contribution in [-0.4, -0.2) is 17.9 Å². The van der Waals surface area contributed by atoms with Crippen molar-refractivity contribution >= 4 is 29.1 Å². The van der Waals surface area contributed by atoms with Crippen LogP contribution in [0.15, 0.2) is 42.5 Å². The van der Waals surface area contributed by atoms with E-state index in [1.165, 1.54) is 18.2 Å². The maximum atomic E-state index is 13.0. The second-order valence-corrected chi connectivity index (χ2v) is 5.61. The molecule has 0 aliphatic heterocycles. The van der Waals surface area contributed by atoms with Gasteiger partial charge in [0, 0.05) is 12.1 Å². The van der Waals surface area contributed by atoms with Crippen LogP contribution in [0.1, 0.15) is 28.9 Å². The predicted octanol–water partition coefficient (Wildman–Crippen LogP) is 4.97. The van der Waals surface area contributed by atoms with Crippen molar-refractivity contribution in [2.24, 2.45) is 0 Å². The highest BCUT2D eigenvalue weighted by Crippen LogP contribution is 2.26. The first-order valence-corrected chi connectivity index (χ1v) is 7.13. The molecule has 0 aliphatic rings. The minimum Gasteiger partial charge on any atom is -0.335 e. The first-order chi connectivity index (χ1) is 9.90. The standard InChI is InChI=1S/C16H14Cl2FNO/c1-10(11-3-6-13(19)7-4-11)20(2)16(21)14-8-5-12(17)9-15(14)18/h3-10H,1-2H3. The van der Waals surface area contributed by atoms with Crippen LogP contribution in [0.3, 0.4) is 0 Å². The molecule has 21 heavy (non-hydrogen) atoms. The topological polar surface area (TPSA) is 20.3 Å². The van der Waals surface area contributed by atoms with E-state index in [0.717, 1.165) is 5.56 Å². The summed E-state index contributed by atoms with van der Waals surface area (Å²) in [7, 11) is 1.68. The summed E-state index contributed by atoms with van der Waals surface area (Å²) in [5, 5.41) is 0.788. The zero-order valence-corrected chi connectivity index (χ0v) is 13.1. The van der Waals surface area contributed by atoms with Gasteiger partial charge in [-0.3, -0.25) is 4.79 Å². The lowest BCUT2D eigenvalue weighted by Gasteiger charge is -2.26. The molecule has 0 saturated heterocycles. The van der Waals surface area contributed by atoms with E-state index < -0.39 is 0 Å². The summed E-state index contributed by atoms with van der Waals surface area (Å²) in [6, 6.07) is 10.6. The van der Waals surface area contributed by atoms with Crippen molar-refractivity contribution < 1.29 is 9.18 Å². The molecule has 1 atom stereocenters. The molecule has 5 heteroatoms. The SMILES string of the molecule is CC(c1ccc(F)cc1)N(C)C(=O)c1ccc(Cl)cc1Cl. The van der Waals surface area contributed by atoms with E-state index in [1.807, 2.05) is 6.92 Å². The number of hydrogen-bond donors (Lipinski definition) is 0. The maximum Gasteiger partial charge on any atom is 0.255 e. The molecule has 1 amide bonds. The molecule has 0 fully saturated rings. The normalized spacial score (nSPS) is 12.0. The summed E-state index contributed by atoms with van der Waals surface area (Å²) in [6.45, 7) is 1.87. The van der Waals surface area contributed by atoms with Gasteiger partial charge in [-0.15, -0.1) is 0 Å². The number of rotatable bonds is 3. The highest BCUT2D eigenvalue weighted by atomic mass is 35.5. The second-order valence-electron chi connectivity index (χ2n) is 4.77. The van der Waals surface area contributed by atoms with Gasteiger partial charge in [0.25, 0.3) is 5.91 Å². The minimum absolute atomic E-state index is 0.204. The lowest BCUT2D eigenvalue weighted by atomic mass is 10.1. The van der Waals surface area contributed by atoms with Crippen molar-refractivity contribution in [3.63, 3.8) is 0 Å². The van der Waals surface area contributed by atoms with Gasteiger partial charge in [0.05, 0.1) is 16.6 Å². The van der Waals surface area contributed by atoms with Crippen LogP contribution in [0.2, 0.25) is 10.0 Å². The summed E-state index contributed by atoms with van der Waals surface area (Å²) in [6.07, 6.45) is 0. The Morgan fingerprint density at radius 3 is 2.33 bits per heavy atom. The van der Waals surface area contributed by atoms with Gasteiger partial charge in [-0.25, -0.2) is 4.39 Å². The molecule has 0 aromatic heterocycles. The zero-order chi connectivity index (χ0) is 15.6. The van der Waals surface area contributed by atoms with Gasteiger partial charge in [0.15, 0.2) is 0 Å². The number of hydrogen-bond acceptors (Lipinski definition) is 1. The fourth-order valence-electron chi connectivity index (χ4n) is 1.99. The van der Waals surface area contributed by atoms with E-state index in [4.69, 9.17) is 23.2 Å². The van der Waals surface area contributed by atoms with Crippen LogP contribution in [0.4, 0.5) is 4.39 Å². The van der Waals surface area contributed by atoms with Gasteiger partial charge in [-0.05, 0) is 42.8 Å². The van der Waals surface area contributed by atoms with Crippen molar-refractivity contribution in [3.8, 4) is 0 Å². The lowest BCUT2D eigenvalue weighted by molar-refractivity contribution is 0.0743. The van der Waals surface area contributed by atoms with Crippen LogP contribution in [0.25, 0.3) is 0 Å². The molecule has 2 rings (SSSR count). The molecular formula is C16H14Cl2FNO. The molecule has 2 aromatic carbocycles. The molecule has 2 nitrogen and oxygen atoms in total. The molecule has 110 valence electrons. The van der Waals surface area contributed by atoms with Gasteiger partial charge >= 0.3 is 0 Å². The number of nitrogens with zero attached hydrogens (tertiary/aromatic N) is 1. The van der Waals surface area contributed by atoms with Crippen LogP contribution < -0.4 is 0 Å². The Morgan fingerprint density at radius 2 is 1.76 bits per heavy atom. The van der Waals surface area contributed by atoms with Gasteiger partial charge in [-0.2, -0.15) is 0 Å². The van der Waals surface area contributed by atoms with E-state index in [9.17, 15) is 9.18 Å². The molecule has 1 unspecified atom stereocenters. The third-order valence-electron chi connectivity index (χ3n) is 3.42. The molecule has 0 spiro atoms. The van der Waals surface area contributed by atoms with E-state index in [2.05, 4.69) is 0 Å². The predicted molar refractivity (Wildman–Crippen MR) is 83.4 cm³/mol. The first-order valence-electron chi connectivity index (χ1n) is 6.38. The van der Waals surface area contributed by atoms with E-state index >= 15 is 0 Å². The number of carbonyl (C=O) groups is 1. The second kappa shape index (κ2) is 6.46. The molecule has 0 aliphatic carbocycles. The Bertz CT molecular complexity index is 658. The quantitative estimate of drug-likeness (QED) is 0.780. The fraction of sp³-hybridized carbons (Fsp3) is 0.188. The zero-order valence-electron chi connectivity index (χ0n) is 11.6. The minimum atomic E-state index is -0.305. The average Bonchev–Trinajstić information content (AvgIpc) is 2.46. The molecule has 0 saturated carbocycles. The molecule has 0 N–H and O–H groups in total. The van der Waals surface area contributed by atoms with Crippen molar-refractivity contribution in [1.29, 1.82) is 0 Å². The molecular weight excluding hydrogens is 312 g/mol. The highest BCUT2D eigenvalue weighted by Gasteiger charge is 2.21. The Hall–Kier alpha value is -1.58. The third kappa shape index (κ3) is 3.55. The Balaban J connectivity index is 2.24. The van der Waals surface area contributed by atoms with Crippen molar-refractivity contribution in [3.05, 3.63) is 69.5 Å². The van der Waals surface area contributed by atoms with E-state index in [0.29, 0.717) is 15.6 Å². The van der Waals surface area contributed by atoms with Gasteiger partial charge in [0.2, 0.25) is 0 Å². The summed E-state index contributed by atoms with van der Waals surface area (Å²) in [4.78, 5) is 14.0.